The number of benzene rings is 1. The molecule has 3 aromatic heterocycles. The smallest absolute Gasteiger partial charge is 0.413 e. The summed E-state index contributed by atoms with van der Waals surface area (Å²) in [7, 11) is 4.26. The molecule has 4 heterocycles. The van der Waals surface area contributed by atoms with E-state index in [1.807, 2.05) is 13.8 Å². The van der Waals surface area contributed by atoms with Gasteiger partial charge in [-0.25, -0.2) is 19.4 Å². The number of anilines is 2. The molecule has 2 amide bonds. The number of aromatic nitrogens is 5. The zero-order chi connectivity index (χ0) is 29.7. The van der Waals surface area contributed by atoms with Gasteiger partial charge >= 0.3 is 6.09 Å². The highest BCUT2D eigenvalue weighted by molar-refractivity contribution is 6.31. The van der Waals surface area contributed by atoms with Crippen molar-refractivity contribution in [3.05, 3.63) is 85.6 Å². The van der Waals surface area contributed by atoms with Crippen molar-refractivity contribution in [2.75, 3.05) is 24.0 Å². The van der Waals surface area contributed by atoms with Crippen molar-refractivity contribution in [3.63, 3.8) is 0 Å². The molecule has 41 heavy (non-hydrogen) atoms. The van der Waals surface area contributed by atoms with Crippen molar-refractivity contribution >= 4 is 46.8 Å². The lowest BCUT2D eigenvalue weighted by Gasteiger charge is -2.27. The second kappa shape index (κ2) is 10.5. The van der Waals surface area contributed by atoms with Crippen LogP contribution >= 0.6 is 23.2 Å². The number of carboxylic acid groups (broad SMARTS) is 1. The van der Waals surface area contributed by atoms with Crippen molar-refractivity contribution in [1.82, 2.24) is 24.3 Å². The highest BCUT2D eigenvalue weighted by Gasteiger charge is 2.46. The normalized spacial score (nSPS) is 14.5. The molecule has 5 rings (SSSR count). The zero-order valence-corrected chi connectivity index (χ0v) is 24.2. The highest BCUT2D eigenvalue weighted by atomic mass is 35.5. The highest BCUT2D eigenvalue weighted by Crippen LogP contribution is 2.45. The number of hydrogen-bond donors (Lipinski definition) is 1. The van der Waals surface area contributed by atoms with Crippen LogP contribution in [0, 0.1) is 0 Å². The molecular formula is C27H25Cl2N7O5. The van der Waals surface area contributed by atoms with E-state index in [-0.39, 0.29) is 34.2 Å². The van der Waals surface area contributed by atoms with Crippen LogP contribution in [0.2, 0.25) is 10.0 Å². The van der Waals surface area contributed by atoms with E-state index in [9.17, 15) is 19.5 Å². The van der Waals surface area contributed by atoms with E-state index >= 15 is 0 Å². The van der Waals surface area contributed by atoms with Gasteiger partial charge in [-0.3, -0.25) is 14.5 Å². The van der Waals surface area contributed by atoms with E-state index < -0.39 is 23.6 Å². The average Bonchev–Trinajstić information content (AvgIpc) is 3.45. The quantitative estimate of drug-likeness (QED) is 0.339. The molecule has 0 saturated carbocycles. The molecule has 0 saturated heterocycles. The van der Waals surface area contributed by atoms with Gasteiger partial charge < -0.3 is 14.4 Å². The monoisotopic (exact) mass is 597 g/mol. The molecule has 1 atom stereocenters. The van der Waals surface area contributed by atoms with Gasteiger partial charge in [-0.2, -0.15) is 10.1 Å². The van der Waals surface area contributed by atoms with Crippen LogP contribution in [0.4, 0.5) is 16.4 Å². The van der Waals surface area contributed by atoms with Crippen LogP contribution in [-0.2, 0) is 7.05 Å². The van der Waals surface area contributed by atoms with Crippen molar-refractivity contribution in [2.24, 2.45) is 7.05 Å². The standard InChI is InChI=1S/C27H25Cl2N7O5/c1-13(2)21-19-20(32-36(21)18-11-30-26(31-23(18)41-5)34(4)27(39)40)25(38)35(17-10-16(29)12-33(3)24(17)37)22(19)14-6-8-15(28)9-7-14/h6-13,22H,1-5H3,(H,39,40). The van der Waals surface area contributed by atoms with Crippen LogP contribution in [0.3, 0.4) is 0 Å². The molecule has 0 radical (unpaired) electrons. The van der Waals surface area contributed by atoms with Gasteiger partial charge in [0.05, 0.1) is 30.1 Å². The molecule has 1 aliphatic heterocycles. The molecule has 1 N–H and O–H groups in total. The molecule has 14 heteroatoms. The summed E-state index contributed by atoms with van der Waals surface area (Å²) >= 11 is 12.5. The fourth-order valence-electron chi connectivity index (χ4n) is 4.90. The van der Waals surface area contributed by atoms with Gasteiger partial charge in [0.15, 0.2) is 5.69 Å². The predicted molar refractivity (Wildman–Crippen MR) is 153 cm³/mol. The van der Waals surface area contributed by atoms with Crippen molar-refractivity contribution < 1.29 is 19.4 Å². The van der Waals surface area contributed by atoms with E-state index in [2.05, 4.69) is 9.97 Å². The van der Waals surface area contributed by atoms with E-state index in [1.54, 1.807) is 31.3 Å². The molecule has 1 aliphatic rings. The maximum atomic E-state index is 14.1. The van der Waals surface area contributed by atoms with Crippen LogP contribution < -0.4 is 20.1 Å². The van der Waals surface area contributed by atoms with Crippen LogP contribution in [0.1, 0.15) is 53.1 Å². The SMILES string of the molecule is COc1nc(N(C)C(=O)O)ncc1-n1nc2c(c1C(C)C)C(c1ccc(Cl)cc1)N(c1cc(Cl)cn(C)c1=O)C2=O. The Morgan fingerprint density at radius 2 is 1.80 bits per heavy atom. The number of rotatable bonds is 6. The Morgan fingerprint density at radius 1 is 1.12 bits per heavy atom. The number of fused-ring (bicyclic) bond motifs is 1. The average molecular weight is 598 g/mol. The summed E-state index contributed by atoms with van der Waals surface area (Å²) in [5.41, 5.74) is 2.07. The number of methoxy groups -OCH3 is 1. The molecule has 4 aromatic rings. The molecule has 0 fully saturated rings. The van der Waals surface area contributed by atoms with Gasteiger partial charge in [0, 0.05) is 30.9 Å². The van der Waals surface area contributed by atoms with Crippen LogP contribution in [0.25, 0.3) is 5.69 Å². The molecule has 0 bridgehead atoms. The number of ether oxygens (including phenoxy) is 1. The van der Waals surface area contributed by atoms with Gasteiger partial charge in [0.25, 0.3) is 11.5 Å². The van der Waals surface area contributed by atoms with Crippen molar-refractivity contribution in [2.45, 2.75) is 25.8 Å². The third kappa shape index (κ3) is 4.68. The number of pyridine rings is 1. The number of hydrogen-bond acceptors (Lipinski definition) is 7. The summed E-state index contributed by atoms with van der Waals surface area (Å²) < 4.78 is 8.35. The van der Waals surface area contributed by atoms with Crippen molar-refractivity contribution in [1.29, 1.82) is 0 Å². The Labute approximate surface area is 244 Å². The first-order valence-corrected chi connectivity index (χ1v) is 13.2. The zero-order valence-electron chi connectivity index (χ0n) is 22.7. The van der Waals surface area contributed by atoms with E-state index in [0.717, 1.165) is 4.90 Å². The Morgan fingerprint density at radius 3 is 2.41 bits per heavy atom. The lowest BCUT2D eigenvalue weighted by Crippen LogP contribution is -2.35. The van der Waals surface area contributed by atoms with Gasteiger partial charge in [-0.05, 0) is 29.7 Å². The third-order valence-electron chi connectivity index (χ3n) is 6.77. The number of carbonyl (C=O) groups excluding carboxylic acids is 1. The Bertz CT molecular complexity index is 1750. The summed E-state index contributed by atoms with van der Waals surface area (Å²) in [6.07, 6.45) is 1.62. The van der Waals surface area contributed by atoms with Gasteiger partial charge in [0.2, 0.25) is 11.8 Å². The minimum Gasteiger partial charge on any atom is -0.479 e. The van der Waals surface area contributed by atoms with Gasteiger partial charge in [-0.1, -0.05) is 49.2 Å². The lowest BCUT2D eigenvalue weighted by atomic mass is 9.94. The topological polar surface area (TPSA) is 136 Å². The first-order valence-electron chi connectivity index (χ1n) is 12.4. The fourth-order valence-corrected chi connectivity index (χ4v) is 5.28. The van der Waals surface area contributed by atoms with Gasteiger partial charge in [-0.15, -0.1) is 0 Å². The van der Waals surface area contributed by atoms with E-state index in [1.165, 1.54) is 46.8 Å². The predicted octanol–water partition coefficient (Wildman–Crippen LogP) is 4.66. The maximum Gasteiger partial charge on any atom is 0.413 e. The Balaban J connectivity index is 1.78. The summed E-state index contributed by atoms with van der Waals surface area (Å²) in [6.45, 7) is 3.89. The van der Waals surface area contributed by atoms with E-state index in [4.69, 9.17) is 33.0 Å². The van der Waals surface area contributed by atoms with Crippen LogP contribution in [-0.4, -0.2) is 55.6 Å². The number of carbonyl (C=O) groups is 2. The molecular weight excluding hydrogens is 573 g/mol. The minimum absolute atomic E-state index is 0.0576. The molecule has 212 valence electrons. The maximum absolute atomic E-state index is 14.1. The molecule has 1 unspecified atom stereocenters. The summed E-state index contributed by atoms with van der Waals surface area (Å²) in [5, 5.41) is 14.8. The Kier molecular flexibility index (Phi) is 7.22. The fraction of sp³-hybridized carbons (Fsp3) is 0.259. The van der Waals surface area contributed by atoms with Crippen LogP contribution in [0.15, 0.2) is 47.5 Å². The number of amides is 2. The van der Waals surface area contributed by atoms with E-state index in [0.29, 0.717) is 27.5 Å². The van der Waals surface area contributed by atoms with Crippen molar-refractivity contribution in [3.8, 4) is 11.6 Å². The lowest BCUT2D eigenvalue weighted by molar-refractivity contribution is 0.0987. The second-order valence-electron chi connectivity index (χ2n) is 9.71. The summed E-state index contributed by atoms with van der Waals surface area (Å²) in [5.74, 6) is -0.714. The largest absolute Gasteiger partial charge is 0.479 e. The summed E-state index contributed by atoms with van der Waals surface area (Å²) in [4.78, 5) is 49.5. The molecule has 0 aliphatic carbocycles. The minimum atomic E-state index is -1.25. The number of nitrogens with zero attached hydrogens (tertiary/aromatic N) is 7. The first kappa shape index (κ1) is 28.1. The first-order chi connectivity index (χ1) is 19.4. The molecule has 0 spiro atoms. The van der Waals surface area contributed by atoms with Crippen LogP contribution in [0.5, 0.6) is 5.88 Å². The molecule has 12 nitrogen and oxygen atoms in total. The second-order valence-corrected chi connectivity index (χ2v) is 10.6. The van der Waals surface area contributed by atoms with Gasteiger partial charge in [0.1, 0.15) is 11.4 Å². The Hall–Kier alpha value is -4.42. The third-order valence-corrected chi connectivity index (χ3v) is 7.23. The number of aryl methyl sites for hydroxylation is 1. The number of halogens is 2. The molecule has 1 aromatic carbocycles. The summed E-state index contributed by atoms with van der Waals surface area (Å²) in [6, 6.07) is 7.73.